The topological polar surface area (TPSA) is 231 Å². The summed E-state index contributed by atoms with van der Waals surface area (Å²) in [5.41, 5.74) is 0. The molecule has 0 bridgehead atoms. The number of carbonyl (C=O) groups is 2. The van der Waals surface area contributed by atoms with Gasteiger partial charge in [0, 0.05) is 12.8 Å². The molecule has 372 valence electrons. The second-order valence-corrected chi connectivity index (χ2v) is 17.3. The molecule has 0 spiro atoms. The van der Waals surface area contributed by atoms with E-state index in [1.807, 2.05) is 0 Å². The van der Waals surface area contributed by atoms with E-state index >= 15 is 0 Å². The van der Waals surface area contributed by atoms with E-state index < -0.39 is 99.3 Å². The van der Waals surface area contributed by atoms with Crippen LogP contribution in [-0.2, 0) is 38.0 Å². The van der Waals surface area contributed by atoms with Crippen LogP contribution in [-0.4, -0.2) is 142 Å². The summed E-state index contributed by atoms with van der Waals surface area (Å²) in [7, 11) is 0. The molecule has 7 N–H and O–H groups in total. The Hall–Kier alpha value is -2.28. The zero-order valence-electron chi connectivity index (χ0n) is 39.0. The minimum Gasteiger partial charge on any atom is -0.462 e. The molecule has 11 atom stereocenters. The van der Waals surface area contributed by atoms with Gasteiger partial charge in [-0.2, -0.15) is 0 Å². The highest BCUT2D eigenvalue weighted by atomic mass is 16.7. The van der Waals surface area contributed by atoms with E-state index in [1.165, 1.54) is 64.2 Å². The van der Waals surface area contributed by atoms with Gasteiger partial charge in [0.05, 0.1) is 19.8 Å². The summed E-state index contributed by atoms with van der Waals surface area (Å²) >= 11 is 0. The van der Waals surface area contributed by atoms with Gasteiger partial charge in [-0.15, -0.1) is 0 Å². The van der Waals surface area contributed by atoms with Crippen LogP contribution in [0.15, 0.2) is 36.5 Å². The summed E-state index contributed by atoms with van der Waals surface area (Å²) in [5, 5.41) is 71.9. The average molecular weight is 915 g/mol. The van der Waals surface area contributed by atoms with Gasteiger partial charge in [0.2, 0.25) is 0 Å². The molecule has 15 nitrogen and oxygen atoms in total. The van der Waals surface area contributed by atoms with Gasteiger partial charge < -0.3 is 64.2 Å². The zero-order chi connectivity index (χ0) is 46.8. The van der Waals surface area contributed by atoms with E-state index in [0.717, 1.165) is 64.2 Å². The van der Waals surface area contributed by atoms with Crippen molar-refractivity contribution in [1.29, 1.82) is 0 Å². The Balaban J connectivity index is 1.85. The first-order valence-electron chi connectivity index (χ1n) is 24.6. The van der Waals surface area contributed by atoms with Gasteiger partial charge in [-0.05, 0) is 70.6 Å². The lowest BCUT2D eigenvalue weighted by molar-refractivity contribution is -0.332. The van der Waals surface area contributed by atoms with E-state index in [2.05, 4.69) is 50.3 Å². The number of unbranched alkanes of at least 4 members (excludes halogenated alkanes) is 17. The van der Waals surface area contributed by atoms with Crippen molar-refractivity contribution in [3.8, 4) is 0 Å². The van der Waals surface area contributed by atoms with Crippen molar-refractivity contribution in [3.63, 3.8) is 0 Å². The van der Waals surface area contributed by atoms with E-state index in [4.69, 9.17) is 28.4 Å². The van der Waals surface area contributed by atoms with Crippen molar-refractivity contribution in [1.82, 2.24) is 0 Å². The summed E-state index contributed by atoms with van der Waals surface area (Å²) in [6.07, 6.45) is 20.4. The molecule has 2 rings (SSSR count). The van der Waals surface area contributed by atoms with Gasteiger partial charge in [-0.3, -0.25) is 9.59 Å². The van der Waals surface area contributed by atoms with E-state index in [9.17, 15) is 45.3 Å². The quantitative estimate of drug-likeness (QED) is 0.0211. The van der Waals surface area contributed by atoms with Gasteiger partial charge in [0.1, 0.15) is 55.4 Å². The maximum Gasteiger partial charge on any atom is 0.306 e. The van der Waals surface area contributed by atoms with Crippen LogP contribution in [0.2, 0.25) is 0 Å². The van der Waals surface area contributed by atoms with E-state index in [0.29, 0.717) is 12.8 Å². The summed E-state index contributed by atoms with van der Waals surface area (Å²) in [6.45, 7) is 2.51. The lowest BCUT2D eigenvalue weighted by Gasteiger charge is -2.42. The predicted molar refractivity (Wildman–Crippen MR) is 243 cm³/mol. The first kappa shape index (κ1) is 57.8. The van der Waals surface area contributed by atoms with Gasteiger partial charge in [-0.1, -0.05) is 121 Å². The largest absolute Gasteiger partial charge is 0.462 e. The fourth-order valence-corrected chi connectivity index (χ4v) is 7.48. The van der Waals surface area contributed by atoms with Crippen LogP contribution in [0, 0.1) is 0 Å². The maximum atomic E-state index is 13.0. The van der Waals surface area contributed by atoms with Crippen molar-refractivity contribution in [2.24, 2.45) is 0 Å². The molecule has 2 aliphatic heterocycles. The Morgan fingerprint density at radius 2 is 0.938 bits per heavy atom. The molecule has 0 saturated carbocycles. The van der Waals surface area contributed by atoms with Gasteiger partial charge in [-0.25, -0.2) is 0 Å². The zero-order valence-corrected chi connectivity index (χ0v) is 39.0. The molecule has 15 heteroatoms. The third-order valence-corrected chi connectivity index (χ3v) is 11.6. The van der Waals surface area contributed by atoms with Crippen LogP contribution in [0.4, 0.5) is 0 Å². The predicted octanol–water partition coefficient (Wildman–Crippen LogP) is 6.15. The minimum absolute atomic E-state index is 0.121. The van der Waals surface area contributed by atoms with Crippen molar-refractivity contribution >= 4 is 11.9 Å². The molecule has 64 heavy (non-hydrogen) atoms. The highest BCUT2D eigenvalue weighted by Gasteiger charge is 2.47. The number of allylic oxidation sites excluding steroid dienone is 6. The van der Waals surface area contributed by atoms with Crippen LogP contribution < -0.4 is 0 Å². The number of carbonyl (C=O) groups excluding carboxylic acids is 2. The summed E-state index contributed by atoms with van der Waals surface area (Å²) < 4.78 is 33.5. The highest BCUT2D eigenvalue weighted by Crippen LogP contribution is 2.26. The SMILES string of the molecule is CCCCCC/C=C/CCCCCCCC(=O)OC[C@H](CO[C@@H]1O[C@H](CO[C@@H]2O[C@H](CO)[C@H](O)C(O)C2O)[C@H](O)C(O)C1O)OC(=O)CCCC/C=C/C/C=C/CCCCCCCC. The molecule has 4 unspecified atom stereocenters. The second-order valence-electron chi connectivity index (χ2n) is 17.3. The number of hydrogen-bond donors (Lipinski definition) is 7. The standard InChI is InChI=1S/C49H86O15/c1-3-5-7-9-11-13-15-17-18-20-22-24-26-28-30-32-41(52)62-37(34-59-40(51)31-29-27-25-23-21-19-16-14-12-10-8-6-4-2)35-60-48-47(58)45(56)43(54)39(64-48)36-61-49-46(57)44(55)42(53)38(33-50)63-49/h14,16-18,22,24,37-39,42-50,53-58H,3-13,15,19-21,23,25-36H2,1-2H3/b16-14+,18-17+,24-22+/t37-,38-,39-,42+,43+,44?,45?,46?,47?,48-,49-/m1/s1. The van der Waals surface area contributed by atoms with Crippen LogP contribution in [0.3, 0.4) is 0 Å². The molecular weight excluding hydrogens is 829 g/mol. The first-order chi connectivity index (χ1) is 31.0. The molecule has 0 amide bonds. The van der Waals surface area contributed by atoms with Crippen molar-refractivity contribution in [2.75, 3.05) is 26.4 Å². The molecule has 2 aliphatic rings. The van der Waals surface area contributed by atoms with Crippen LogP contribution in [0.1, 0.15) is 168 Å². The highest BCUT2D eigenvalue weighted by molar-refractivity contribution is 5.70. The summed E-state index contributed by atoms with van der Waals surface area (Å²) in [5.74, 6) is -0.974. The molecule has 0 aromatic carbocycles. The van der Waals surface area contributed by atoms with Crippen LogP contribution >= 0.6 is 0 Å². The monoisotopic (exact) mass is 915 g/mol. The Bertz CT molecular complexity index is 1260. The lowest BCUT2D eigenvalue weighted by atomic mass is 9.98. The van der Waals surface area contributed by atoms with Gasteiger partial charge in [0.15, 0.2) is 18.7 Å². The normalized spacial score (nSPS) is 26.9. The summed E-state index contributed by atoms with van der Waals surface area (Å²) in [6, 6.07) is 0. The van der Waals surface area contributed by atoms with Gasteiger partial charge >= 0.3 is 11.9 Å². The summed E-state index contributed by atoms with van der Waals surface area (Å²) in [4.78, 5) is 25.7. The average Bonchev–Trinajstić information content (AvgIpc) is 3.29. The Morgan fingerprint density at radius 3 is 1.52 bits per heavy atom. The van der Waals surface area contributed by atoms with E-state index in [1.54, 1.807) is 0 Å². The van der Waals surface area contributed by atoms with Gasteiger partial charge in [0.25, 0.3) is 0 Å². The molecule has 0 radical (unpaired) electrons. The number of aliphatic hydroxyl groups excluding tert-OH is 7. The fraction of sp³-hybridized carbons (Fsp3) is 0.837. The first-order valence-corrected chi connectivity index (χ1v) is 24.6. The lowest BCUT2D eigenvalue weighted by Crippen LogP contribution is -2.61. The van der Waals surface area contributed by atoms with Crippen molar-refractivity contribution in [2.45, 2.75) is 235 Å². The minimum atomic E-state index is -1.77. The van der Waals surface area contributed by atoms with Crippen LogP contribution in [0.5, 0.6) is 0 Å². The Kier molecular flexibility index (Phi) is 33.3. The molecule has 0 aromatic heterocycles. The number of aliphatic hydroxyl groups is 7. The Morgan fingerprint density at radius 1 is 0.500 bits per heavy atom. The molecule has 2 heterocycles. The second kappa shape index (κ2) is 36.8. The Labute approximate surface area is 383 Å². The smallest absolute Gasteiger partial charge is 0.306 e. The molecule has 2 saturated heterocycles. The van der Waals surface area contributed by atoms with Crippen LogP contribution in [0.25, 0.3) is 0 Å². The third-order valence-electron chi connectivity index (χ3n) is 11.6. The van der Waals surface area contributed by atoms with Crippen molar-refractivity contribution in [3.05, 3.63) is 36.5 Å². The molecule has 0 aromatic rings. The van der Waals surface area contributed by atoms with E-state index in [-0.39, 0.29) is 19.4 Å². The number of hydrogen-bond acceptors (Lipinski definition) is 15. The number of esters is 2. The fourth-order valence-electron chi connectivity index (χ4n) is 7.48. The molecule has 2 fully saturated rings. The van der Waals surface area contributed by atoms with Crippen molar-refractivity contribution < 1.29 is 73.8 Å². The number of rotatable bonds is 37. The molecule has 0 aliphatic carbocycles. The maximum absolute atomic E-state index is 13.0. The molecular formula is C49H86O15. The third kappa shape index (κ3) is 25.0. The number of ether oxygens (including phenoxy) is 6.